The Morgan fingerprint density at radius 1 is 0.949 bits per heavy atom. The lowest BCUT2D eigenvalue weighted by Gasteiger charge is -2.32. The zero-order valence-corrected chi connectivity index (χ0v) is 25.2. The molecular weight excluding hydrogens is 578 g/mol. The summed E-state index contributed by atoms with van der Waals surface area (Å²) in [6.45, 7) is 7.24. The molecule has 3 rings (SSSR count). The Bertz CT molecular complexity index is 1360. The van der Waals surface area contributed by atoms with Gasteiger partial charge in [0.05, 0.1) is 10.6 Å². The van der Waals surface area contributed by atoms with Crippen LogP contribution in [-0.4, -0.2) is 50.3 Å². The van der Waals surface area contributed by atoms with E-state index in [0.717, 1.165) is 21.9 Å². The number of anilines is 1. The fraction of sp³-hybridized carbons (Fsp3) is 0.333. The Labute approximate surface area is 240 Å². The maximum Gasteiger partial charge on any atom is 0.264 e. The molecule has 1 N–H and O–H groups in total. The number of benzene rings is 3. The Kier molecular flexibility index (Phi) is 10.7. The van der Waals surface area contributed by atoms with E-state index in [4.69, 9.17) is 0 Å². The lowest BCUT2D eigenvalue weighted by atomic mass is 10.1. The van der Waals surface area contributed by atoms with Gasteiger partial charge in [0.2, 0.25) is 11.8 Å². The molecule has 7 nitrogen and oxygen atoms in total. The van der Waals surface area contributed by atoms with E-state index in [9.17, 15) is 18.0 Å². The highest BCUT2D eigenvalue weighted by atomic mass is 79.9. The van der Waals surface area contributed by atoms with Gasteiger partial charge in [0.1, 0.15) is 12.6 Å². The van der Waals surface area contributed by atoms with Gasteiger partial charge in [-0.05, 0) is 69.5 Å². The van der Waals surface area contributed by atoms with Crippen LogP contribution in [0.2, 0.25) is 0 Å². The zero-order chi connectivity index (χ0) is 28.6. The third-order valence-corrected chi connectivity index (χ3v) is 8.92. The molecule has 0 bridgehead atoms. The molecule has 0 fully saturated rings. The van der Waals surface area contributed by atoms with Crippen LogP contribution >= 0.6 is 15.9 Å². The van der Waals surface area contributed by atoms with Gasteiger partial charge < -0.3 is 10.2 Å². The van der Waals surface area contributed by atoms with Crippen molar-refractivity contribution in [3.05, 3.63) is 94.5 Å². The van der Waals surface area contributed by atoms with Gasteiger partial charge in [-0.15, -0.1) is 0 Å². The van der Waals surface area contributed by atoms with Crippen LogP contribution in [0.3, 0.4) is 0 Å². The van der Waals surface area contributed by atoms with E-state index in [-0.39, 0.29) is 23.4 Å². The Morgan fingerprint density at radius 2 is 1.62 bits per heavy atom. The molecule has 3 aromatic carbocycles. The number of nitrogens with zero attached hydrogens (tertiary/aromatic N) is 2. The fourth-order valence-corrected chi connectivity index (χ4v) is 5.83. The summed E-state index contributed by atoms with van der Waals surface area (Å²) in [6, 6.07) is 22.2. The minimum atomic E-state index is -4.09. The van der Waals surface area contributed by atoms with E-state index in [1.54, 1.807) is 43.3 Å². The standard InChI is InChI=1S/C30H36BrN3O4S/c1-5-23(3)32-30(36)24(4)33(19-18-25-10-7-6-8-11-25)29(35)21-34(27-13-9-12-26(31)20-27)39(37,38)28-16-14-22(2)15-17-28/h6-17,20,23-24H,5,18-19,21H2,1-4H3,(H,32,36). The van der Waals surface area contributed by atoms with Gasteiger partial charge in [0.25, 0.3) is 10.0 Å². The van der Waals surface area contributed by atoms with Crippen LogP contribution in [0.4, 0.5) is 5.69 Å². The second kappa shape index (κ2) is 13.8. The first-order valence-corrected chi connectivity index (χ1v) is 15.2. The van der Waals surface area contributed by atoms with E-state index < -0.39 is 28.5 Å². The molecule has 0 aliphatic heterocycles. The van der Waals surface area contributed by atoms with Gasteiger partial charge in [-0.2, -0.15) is 0 Å². The van der Waals surface area contributed by atoms with E-state index in [0.29, 0.717) is 16.6 Å². The number of rotatable bonds is 12. The summed E-state index contributed by atoms with van der Waals surface area (Å²) in [6.07, 6.45) is 1.27. The summed E-state index contributed by atoms with van der Waals surface area (Å²) in [5, 5.41) is 2.95. The van der Waals surface area contributed by atoms with Crippen LogP contribution < -0.4 is 9.62 Å². The van der Waals surface area contributed by atoms with Crippen LogP contribution in [0.1, 0.15) is 38.3 Å². The number of amides is 2. The van der Waals surface area contributed by atoms with E-state index in [1.807, 2.05) is 51.1 Å². The quantitative estimate of drug-likeness (QED) is 0.299. The van der Waals surface area contributed by atoms with Crippen LogP contribution in [-0.2, 0) is 26.0 Å². The average molecular weight is 615 g/mol. The molecule has 9 heteroatoms. The maximum atomic E-state index is 13.9. The normalized spacial score (nSPS) is 12.8. The third kappa shape index (κ3) is 8.16. The smallest absolute Gasteiger partial charge is 0.264 e. The van der Waals surface area contributed by atoms with Crippen molar-refractivity contribution < 1.29 is 18.0 Å². The second-order valence-electron chi connectivity index (χ2n) is 9.62. The summed E-state index contributed by atoms with van der Waals surface area (Å²) in [7, 11) is -4.09. The van der Waals surface area contributed by atoms with Crippen molar-refractivity contribution in [1.29, 1.82) is 0 Å². The predicted octanol–water partition coefficient (Wildman–Crippen LogP) is 5.33. The Hall–Kier alpha value is -3.17. The molecule has 208 valence electrons. The van der Waals surface area contributed by atoms with Crippen molar-refractivity contribution >= 4 is 43.5 Å². The van der Waals surface area contributed by atoms with E-state index in [1.165, 1.54) is 17.0 Å². The molecule has 0 heterocycles. The number of carbonyl (C=O) groups is 2. The number of sulfonamides is 1. The molecule has 2 unspecified atom stereocenters. The van der Waals surface area contributed by atoms with Gasteiger partial charge in [-0.1, -0.05) is 76.9 Å². The molecule has 0 aliphatic rings. The van der Waals surface area contributed by atoms with Gasteiger partial charge in [0.15, 0.2) is 0 Å². The first kappa shape index (κ1) is 30.4. The molecule has 0 spiro atoms. The lowest BCUT2D eigenvalue weighted by Crippen LogP contribution is -2.53. The maximum absolute atomic E-state index is 13.9. The number of halogens is 1. The van der Waals surface area contributed by atoms with Crippen molar-refractivity contribution in [2.24, 2.45) is 0 Å². The molecule has 39 heavy (non-hydrogen) atoms. The number of hydrogen-bond donors (Lipinski definition) is 1. The SMILES string of the molecule is CCC(C)NC(=O)C(C)N(CCc1ccccc1)C(=O)CN(c1cccc(Br)c1)S(=O)(=O)c1ccc(C)cc1. The van der Waals surface area contributed by atoms with Gasteiger partial charge >= 0.3 is 0 Å². The number of carbonyl (C=O) groups excluding carboxylic acids is 2. The molecule has 0 radical (unpaired) electrons. The first-order valence-electron chi connectivity index (χ1n) is 13.0. The lowest BCUT2D eigenvalue weighted by molar-refractivity contribution is -0.139. The van der Waals surface area contributed by atoms with Crippen LogP contribution in [0.25, 0.3) is 0 Å². The van der Waals surface area contributed by atoms with Gasteiger partial charge in [-0.3, -0.25) is 13.9 Å². The zero-order valence-electron chi connectivity index (χ0n) is 22.8. The molecule has 0 aromatic heterocycles. The number of aryl methyl sites for hydroxylation is 1. The second-order valence-corrected chi connectivity index (χ2v) is 12.4. The molecule has 2 amide bonds. The summed E-state index contributed by atoms with van der Waals surface area (Å²) in [5.41, 5.74) is 2.28. The minimum Gasteiger partial charge on any atom is -0.352 e. The monoisotopic (exact) mass is 613 g/mol. The molecule has 2 atom stereocenters. The average Bonchev–Trinajstić information content (AvgIpc) is 2.92. The van der Waals surface area contributed by atoms with Crippen molar-refractivity contribution in [2.75, 3.05) is 17.4 Å². The largest absolute Gasteiger partial charge is 0.352 e. The molecule has 0 saturated carbocycles. The van der Waals surface area contributed by atoms with Crippen molar-refractivity contribution in [1.82, 2.24) is 10.2 Å². The van der Waals surface area contributed by atoms with E-state index in [2.05, 4.69) is 21.2 Å². The highest BCUT2D eigenvalue weighted by molar-refractivity contribution is 9.10. The fourth-order valence-electron chi connectivity index (χ4n) is 4.03. The van der Waals surface area contributed by atoms with Crippen LogP contribution in [0, 0.1) is 6.92 Å². The summed E-state index contributed by atoms with van der Waals surface area (Å²) in [4.78, 5) is 28.5. The Morgan fingerprint density at radius 3 is 2.23 bits per heavy atom. The molecule has 3 aromatic rings. The topological polar surface area (TPSA) is 86.8 Å². The number of hydrogen-bond acceptors (Lipinski definition) is 4. The molecule has 0 saturated heterocycles. The van der Waals surface area contributed by atoms with Crippen molar-refractivity contribution in [2.45, 2.75) is 57.5 Å². The molecule has 0 aliphatic carbocycles. The van der Waals surface area contributed by atoms with Gasteiger partial charge in [-0.25, -0.2) is 8.42 Å². The van der Waals surface area contributed by atoms with E-state index >= 15 is 0 Å². The predicted molar refractivity (Wildman–Crippen MR) is 159 cm³/mol. The Balaban J connectivity index is 1.97. The first-order chi connectivity index (χ1) is 18.5. The van der Waals surface area contributed by atoms with Gasteiger partial charge in [0, 0.05) is 17.1 Å². The highest BCUT2D eigenvalue weighted by Gasteiger charge is 2.32. The molecular formula is C30H36BrN3O4S. The highest BCUT2D eigenvalue weighted by Crippen LogP contribution is 2.27. The van der Waals surface area contributed by atoms with Crippen molar-refractivity contribution in [3.8, 4) is 0 Å². The van der Waals surface area contributed by atoms with Crippen LogP contribution in [0.15, 0.2) is 88.2 Å². The summed E-state index contributed by atoms with van der Waals surface area (Å²) in [5.74, 6) is -0.741. The van der Waals surface area contributed by atoms with Crippen molar-refractivity contribution in [3.63, 3.8) is 0 Å². The third-order valence-electron chi connectivity index (χ3n) is 6.64. The van der Waals surface area contributed by atoms with Crippen LogP contribution in [0.5, 0.6) is 0 Å². The number of nitrogens with one attached hydrogen (secondary N) is 1. The minimum absolute atomic E-state index is 0.0499. The summed E-state index contributed by atoms with van der Waals surface area (Å²) < 4.78 is 29.5. The summed E-state index contributed by atoms with van der Waals surface area (Å²) >= 11 is 3.41.